The number of benzene rings is 1. The van der Waals surface area contributed by atoms with Gasteiger partial charge in [-0.05, 0) is 51.8 Å². The highest BCUT2D eigenvalue weighted by Crippen LogP contribution is 2.17. The molecule has 1 atom stereocenters. The van der Waals surface area contributed by atoms with E-state index in [9.17, 15) is 0 Å². The number of nitrogens with one attached hydrogen (secondary N) is 1. The fourth-order valence-electron chi connectivity index (χ4n) is 1.82. The van der Waals surface area contributed by atoms with Crippen molar-refractivity contribution in [3.8, 4) is 0 Å². The maximum absolute atomic E-state index is 6.22. The minimum absolute atomic E-state index is 0.105. The van der Waals surface area contributed by atoms with E-state index in [1.165, 1.54) is 5.56 Å². The third-order valence-electron chi connectivity index (χ3n) is 2.82. The fraction of sp³-hybridized carbons (Fsp3) is 0.625. The smallest absolute Gasteiger partial charge is 0.0630 e. The topological polar surface area (TPSA) is 21.3 Å². The van der Waals surface area contributed by atoms with Crippen LogP contribution in [0.25, 0.3) is 0 Å². The Hall–Kier alpha value is -0.570. The standard InChI is InChI=1S/C16H26ClNO/c1-5-10-18-14(12-19-16(2,3)4)11-13-8-6-7-9-15(13)17/h6-9,14,18H,5,10-12H2,1-4H3. The van der Waals surface area contributed by atoms with Gasteiger partial charge in [-0.1, -0.05) is 36.7 Å². The van der Waals surface area contributed by atoms with E-state index in [1.54, 1.807) is 0 Å². The van der Waals surface area contributed by atoms with Crippen LogP contribution in [0.4, 0.5) is 0 Å². The van der Waals surface area contributed by atoms with Gasteiger partial charge < -0.3 is 10.1 Å². The molecule has 108 valence electrons. The SMILES string of the molecule is CCCNC(COC(C)(C)C)Cc1ccccc1Cl. The maximum atomic E-state index is 6.22. The molecule has 0 amide bonds. The van der Waals surface area contributed by atoms with E-state index in [1.807, 2.05) is 18.2 Å². The molecule has 2 nitrogen and oxygen atoms in total. The largest absolute Gasteiger partial charge is 0.374 e. The van der Waals surface area contributed by atoms with Crippen molar-refractivity contribution in [2.45, 2.75) is 52.2 Å². The van der Waals surface area contributed by atoms with E-state index in [4.69, 9.17) is 16.3 Å². The van der Waals surface area contributed by atoms with Crippen molar-refractivity contribution in [3.63, 3.8) is 0 Å². The zero-order chi connectivity index (χ0) is 14.3. The van der Waals surface area contributed by atoms with E-state index >= 15 is 0 Å². The monoisotopic (exact) mass is 283 g/mol. The Morgan fingerprint density at radius 3 is 2.53 bits per heavy atom. The molecule has 1 N–H and O–H groups in total. The van der Waals surface area contributed by atoms with Crippen molar-refractivity contribution >= 4 is 11.6 Å². The van der Waals surface area contributed by atoms with E-state index < -0.39 is 0 Å². The molecule has 1 unspecified atom stereocenters. The molecule has 0 aromatic heterocycles. The Labute approximate surface area is 122 Å². The Kier molecular flexibility index (Phi) is 6.84. The van der Waals surface area contributed by atoms with Crippen molar-refractivity contribution < 1.29 is 4.74 Å². The summed E-state index contributed by atoms with van der Waals surface area (Å²) in [5, 5.41) is 4.37. The zero-order valence-electron chi connectivity index (χ0n) is 12.5. The van der Waals surface area contributed by atoms with Crippen molar-refractivity contribution in [2.75, 3.05) is 13.2 Å². The number of halogens is 1. The Morgan fingerprint density at radius 2 is 1.95 bits per heavy atom. The quantitative estimate of drug-likeness (QED) is 0.815. The van der Waals surface area contributed by atoms with Crippen LogP contribution in [0.5, 0.6) is 0 Å². The zero-order valence-corrected chi connectivity index (χ0v) is 13.3. The van der Waals surface area contributed by atoms with Crippen LogP contribution in [0.15, 0.2) is 24.3 Å². The summed E-state index contributed by atoms with van der Waals surface area (Å²) < 4.78 is 5.90. The number of rotatable bonds is 7. The molecule has 1 aromatic carbocycles. The maximum Gasteiger partial charge on any atom is 0.0630 e. The van der Waals surface area contributed by atoms with Crippen molar-refractivity contribution in [2.24, 2.45) is 0 Å². The molecule has 1 aromatic rings. The van der Waals surface area contributed by atoms with Crippen LogP contribution in [0.1, 0.15) is 39.7 Å². The highest BCUT2D eigenvalue weighted by Gasteiger charge is 2.16. The van der Waals surface area contributed by atoms with Crippen molar-refractivity contribution in [1.82, 2.24) is 5.32 Å². The molecule has 0 aliphatic heterocycles. The minimum Gasteiger partial charge on any atom is -0.374 e. The Balaban J connectivity index is 2.61. The highest BCUT2D eigenvalue weighted by atomic mass is 35.5. The van der Waals surface area contributed by atoms with Crippen LogP contribution < -0.4 is 5.32 Å². The van der Waals surface area contributed by atoms with Gasteiger partial charge in [0.2, 0.25) is 0 Å². The van der Waals surface area contributed by atoms with Gasteiger partial charge in [-0.25, -0.2) is 0 Å². The summed E-state index contributed by atoms with van der Waals surface area (Å²) in [7, 11) is 0. The van der Waals surface area contributed by atoms with Crippen LogP contribution in [-0.2, 0) is 11.2 Å². The van der Waals surface area contributed by atoms with Gasteiger partial charge in [0.05, 0.1) is 12.2 Å². The van der Waals surface area contributed by atoms with Gasteiger partial charge in [-0.3, -0.25) is 0 Å². The summed E-state index contributed by atoms with van der Waals surface area (Å²) in [5.74, 6) is 0. The Bertz CT molecular complexity index is 373. The molecular weight excluding hydrogens is 258 g/mol. The summed E-state index contributed by atoms with van der Waals surface area (Å²) in [6.45, 7) is 10.1. The van der Waals surface area contributed by atoms with E-state index in [0.717, 1.165) is 24.4 Å². The second kappa shape index (κ2) is 7.88. The fourth-order valence-corrected chi connectivity index (χ4v) is 2.03. The normalized spacial score (nSPS) is 13.5. The average molecular weight is 284 g/mol. The van der Waals surface area contributed by atoms with Gasteiger partial charge in [0.25, 0.3) is 0 Å². The van der Waals surface area contributed by atoms with Crippen LogP contribution in [0, 0.1) is 0 Å². The molecule has 0 spiro atoms. The first-order chi connectivity index (χ1) is 8.92. The summed E-state index contributed by atoms with van der Waals surface area (Å²) in [6, 6.07) is 8.33. The predicted octanol–water partition coefficient (Wildman–Crippen LogP) is 4.07. The van der Waals surface area contributed by atoms with Crippen LogP contribution >= 0.6 is 11.6 Å². The molecule has 1 rings (SSSR count). The minimum atomic E-state index is -0.105. The first kappa shape index (κ1) is 16.5. The van der Waals surface area contributed by atoms with Crippen LogP contribution in [0.2, 0.25) is 5.02 Å². The summed E-state index contributed by atoms with van der Waals surface area (Å²) >= 11 is 6.22. The third-order valence-corrected chi connectivity index (χ3v) is 3.19. The lowest BCUT2D eigenvalue weighted by atomic mass is 10.1. The molecule has 3 heteroatoms. The van der Waals surface area contributed by atoms with Crippen LogP contribution in [0.3, 0.4) is 0 Å². The summed E-state index contributed by atoms with van der Waals surface area (Å²) in [5.41, 5.74) is 1.07. The number of hydrogen-bond donors (Lipinski definition) is 1. The van der Waals surface area contributed by atoms with Gasteiger partial charge in [-0.15, -0.1) is 0 Å². The average Bonchev–Trinajstić information content (AvgIpc) is 2.34. The van der Waals surface area contributed by atoms with Gasteiger partial charge in [0.1, 0.15) is 0 Å². The van der Waals surface area contributed by atoms with Crippen molar-refractivity contribution in [1.29, 1.82) is 0 Å². The molecule has 0 bridgehead atoms. The first-order valence-corrected chi connectivity index (χ1v) is 7.41. The summed E-state index contributed by atoms with van der Waals surface area (Å²) in [6.07, 6.45) is 2.02. The second-order valence-electron chi connectivity index (χ2n) is 5.87. The first-order valence-electron chi connectivity index (χ1n) is 7.03. The highest BCUT2D eigenvalue weighted by molar-refractivity contribution is 6.31. The molecule has 0 fully saturated rings. The second-order valence-corrected chi connectivity index (χ2v) is 6.28. The molecular formula is C16H26ClNO. The van der Waals surface area contributed by atoms with Crippen LogP contribution in [-0.4, -0.2) is 24.8 Å². The van der Waals surface area contributed by atoms with Crippen molar-refractivity contribution in [3.05, 3.63) is 34.9 Å². The molecule has 0 saturated heterocycles. The molecule has 0 heterocycles. The van der Waals surface area contributed by atoms with Gasteiger partial charge >= 0.3 is 0 Å². The van der Waals surface area contributed by atoms with E-state index in [-0.39, 0.29) is 5.60 Å². The predicted molar refractivity (Wildman–Crippen MR) is 82.9 cm³/mol. The molecule has 0 saturated carbocycles. The van der Waals surface area contributed by atoms with Gasteiger partial charge in [0, 0.05) is 11.1 Å². The Morgan fingerprint density at radius 1 is 1.26 bits per heavy atom. The number of hydrogen-bond acceptors (Lipinski definition) is 2. The molecule has 0 aliphatic rings. The number of ether oxygens (including phenoxy) is 1. The van der Waals surface area contributed by atoms with E-state index in [0.29, 0.717) is 12.6 Å². The van der Waals surface area contributed by atoms with Gasteiger partial charge in [0.15, 0.2) is 0 Å². The lowest BCUT2D eigenvalue weighted by molar-refractivity contribution is -0.0143. The lowest BCUT2D eigenvalue weighted by Crippen LogP contribution is -2.38. The third kappa shape index (κ3) is 6.95. The molecule has 0 aliphatic carbocycles. The van der Waals surface area contributed by atoms with E-state index in [2.05, 4.69) is 39.1 Å². The molecule has 19 heavy (non-hydrogen) atoms. The van der Waals surface area contributed by atoms with Gasteiger partial charge in [-0.2, -0.15) is 0 Å². The summed E-state index contributed by atoms with van der Waals surface area (Å²) in [4.78, 5) is 0. The lowest BCUT2D eigenvalue weighted by Gasteiger charge is -2.25. The molecule has 0 radical (unpaired) electrons.